The zero-order valence-electron chi connectivity index (χ0n) is 16.1. The number of carbonyl (C=O) groups is 1. The fourth-order valence-corrected chi connectivity index (χ4v) is 2.90. The van der Waals surface area contributed by atoms with E-state index in [4.69, 9.17) is 9.47 Å². The molecule has 0 saturated carbocycles. The van der Waals surface area contributed by atoms with Gasteiger partial charge in [-0.3, -0.25) is 4.79 Å². The summed E-state index contributed by atoms with van der Waals surface area (Å²) in [6.45, 7) is 9.10. The molecule has 0 aliphatic carbocycles. The molecule has 140 valence electrons. The molecule has 0 aromatic heterocycles. The molecule has 1 N–H and O–H groups in total. The van der Waals surface area contributed by atoms with E-state index >= 15 is 0 Å². The van der Waals surface area contributed by atoms with E-state index in [2.05, 4.69) is 24.4 Å². The first-order valence-corrected chi connectivity index (χ1v) is 9.29. The first kappa shape index (κ1) is 19.8. The Kier molecular flexibility index (Phi) is 7.52. The van der Waals surface area contributed by atoms with Crippen LogP contribution in [0.1, 0.15) is 57.2 Å². The maximum Gasteiger partial charge on any atom is 0.221 e. The Bertz CT molecular complexity index is 700. The van der Waals surface area contributed by atoms with Crippen LogP contribution < -0.4 is 14.8 Å². The second-order valence-electron chi connectivity index (χ2n) is 6.38. The Morgan fingerprint density at radius 1 is 0.923 bits per heavy atom. The van der Waals surface area contributed by atoms with Crippen molar-refractivity contribution >= 4 is 5.91 Å². The number of amides is 1. The minimum atomic E-state index is -0.0969. The maximum atomic E-state index is 12.4. The number of nitrogens with one attached hydrogen (secondary N) is 1. The van der Waals surface area contributed by atoms with E-state index in [9.17, 15) is 4.79 Å². The predicted octanol–water partition coefficient (Wildman–Crippen LogP) is 4.86. The smallest absolute Gasteiger partial charge is 0.221 e. The molecule has 2 atom stereocenters. The first-order chi connectivity index (χ1) is 12.5. The lowest BCUT2D eigenvalue weighted by molar-refractivity contribution is -0.122. The summed E-state index contributed by atoms with van der Waals surface area (Å²) < 4.78 is 11.3. The monoisotopic (exact) mass is 355 g/mol. The topological polar surface area (TPSA) is 47.6 Å². The summed E-state index contributed by atoms with van der Waals surface area (Å²) in [5.41, 5.74) is 2.17. The van der Waals surface area contributed by atoms with Crippen LogP contribution in [0.25, 0.3) is 0 Å². The van der Waals surface area contributed by atoms with Crippen LogP contribution in [0.2, 0.25) is 0 Å². The van der Waals surface area contributed by atoms with Gasteiger partial charge in [0.25, 0.3) is 0 Å². The molecule has 0 fully saturated rings. The van der Waals surface area contributed by atoms with Gasteiger partial charge in [-0.25, -0.2) is 0 Å². The Morgan fingerprint density at radius 2 is 1.58 bits per heavy atom. The summed E-state index contributed by atoms with van der Waals surface area (Å²) >= 11 is 0. The Labute approximate surface area is 156 Å². The van der Waals surface area contributed by atoms with E-state index in [1.165, 1.54) is 5.56 Å². The molecule has 0 saturated heterocycles. The number of ether oxygens (including phenoxy) is 2. The minimum Gasteiger partial charge on any atom is -0.490 e. The van der Waals surface area contributed by atoms with Crippen molar-refractivity contribution in [2.24, 2.45) is 0 Å². The molecule has 2 aromatic rings. The third kappa shape index (κ3) is 5.51. The lowest BCUT2D eigenvalue weighted by Crippen LogP contribution is -2.27. The van der Waals surface area contributed by atoms with Gasteiger partial charge in [-0.05, 0) is 49.9 Å². The Hall–Kier alpha value is -2.49. The van der Waals surface area contributed by atoms with Gasteiger partial charge in [0.15, 0.2) is 11.5 Å². The fourth-order valence-electron chi connectivity index (χ4n) is 2.90. The van der Waals surface area contributed by atoms with Crippen LogP contribution in [-0.2, 0) is 4.79 Å². The zero-order valence-corrected chi connectivity index (χ0v) is 16.1. The summed E-state index contributed by atoms with van der Waals surface area (Å²) in [6, 6.07) is 15.8. The van der Waals surface area contributed by atoms with Crippen LogP contribution in [0.5, 0.6) is 11.5 Å². The molecule has 0 aliphatic rings. The van der Waals surface area contributed by atoms with Gasteiger partial charge < -0.3 is 14.8 Å². The van der Waals surface area contributed by atoms with Gasteiger partial charge in [0.2, 0.25) is 5.91 Å². The molecule has 2 aromatic carbocycles. The van der Waals surface area contributed by atoms with E-state index in [0.717, 1.165) is 11.3 Å². The van der Waals surface area contributed by atoms with Crippen molar-refractivity contribution in [3.05, 3.63) is 59.7 Å². The second-order valence-corrected chi connectivity index (χ2v) is 6.38. The largest absolute Gasteiger partial charge is 0.490 e. The molecule has 0 spiro atoms. The third-order valence-corrected chi connectivity index (χ3v) is 4.31. The number of hydrogen-bond donors (Lipinski definition) is 1. The summed E-state index contributed by atoms with van der Waals surface area (Å²) in [4.78, 5) is 12.4. The van der Waals surface area contributed by atoms with Crippen molar-refractivity contribution in [2.75, 3.05) is 13.2 Å². The van der Waals surface area contributed by atoms with Gasteiger partial charge >= 0.3 is 0 Å². The minimum absolute atomic E-state index is 0.0423. The average molecular weight is 355 g/mol. The Balaban J connectivity index is 2.00. The fraction of sp³-hybridized carbons (Fsp3) is 0.409. The van der Waals surface area contributed by atoms with Crippen LogP contribution in [0, 0.1) is 0 Å². The number of rotatable bonds is 9. The standard InChI is InChI=1S/C22H29NO3/c1-5-25-20-13-12-19(15-21(20)26-6-2)17(4)23-22(24)14-16(3)18-10-8-7-9-11-18/h7-13,15-17H,5-6,14H2,1-4H3,(H,23,24)/t16-,17-/m0/s1. The normalized spacial score (nSPS) is 12.9. The molecule has 0 unspecified atom stereocenters. The summed E-state index contributed by atoms with van der Waals surface area (Å²) in [5.74, 6) is 1.67. The molecule has 0 aliphatic heterocycles. The van der Waals surface area contributed by atoms with E-state index in [0.29, 0.717) is 25.4 Å². The lowest BCUT2D eigenvalue weighted by atomic mass is 9.97. The first-order valence-electron chi connectivity index (χ1n) is 9.29. The molecular weight excluding hydrogens is 326 g/mol. The molecule has 2 rings (SSSR count). The highest BCUT2D eigenvalue weighted by molar-refractivity contribution is 5.77. The highest BCUT2D eigenvalue weighted by Crippen LogP contribution is 2.31. The molecule has 26 heavy (non-hydrogen) atoms. The summed E-state index contributed by atoms with van der Waals surface area (Å²) in [5, 5.41) is 3.08. The van der Waals surface area contributed by atoms with Crippen LogP contribution in [0.3, 0.4) is 0 Å². The quantitative estimate of drug-likeness (QED) is 0.699. The van der Waals surface area contributed by atoms with Gasteiger partial charge in [-0.1, -0.05) is 43.3 Å². The van der Waals surface area contributed by atoms with E-state index in [1.807, 2.05) is 57.2 Å². The zero-order chi connectivity index (χ0) is 18.9. The molecule has 0 heterocycles. The van der Waals surface area contributed by atoms with Gasteiger partial charge in [0, 0.05) is 6.42 Å². The van der Waals surface area contributed by atoms with Crippen molar-refractivity contribution in [1.82, 2.24) is 5.32 Å². The predicted molar refractivity (Wildman–Crippen MR) is 105 cm³/mol. The van der Waals surface area contributed by atoms with Gasteiger partial charge in [0.05, 0.1) is 19.3 Å². The van der Waals surface area contributed by atoms with E-state index in [-0.39, 0.29) is 17.9 Å². The highest BCUT2D eigenvalue weighted by Gasteiger charge is 2.16. The van der Waals surface area contributed by atoms with E-state index < -0.39 is 0 Å². The van der Waals surface area contributed by atoms with Crippen molar-refractivity contribution in [2.45, 2.75) is 46.1 Å². The van der Waals surface area contributed by atoms with Crippen molar-refractivity contribution in [3.63, 3.8) is 0 Å². The third-order valence-electron chi connectivity index (χ3n) is 4.31. The molecule has 4 heteroatoms. The van der Waals surface area contributed by atoms with Crippen molar-refractivity contribution in [1.29, 1.82) is 0 Å². The highest BCUT2D eigenvalue weighted by atomic mass is 16.5. The van der Waals surface area contributed by atoms with E-state index in [1.54, 1.807) is 0 Å². The lowest BCUT2D eigenvalue weighted by Gasteiger charge is -2.19. The van der Waals surface area contributed by atoms with Crippen molar-refractivity contribution < 1.29 is 14.3 Å². The number of carbonyl (C=O) groups excluding carboxylic acids is 1. The van der Waals surface area contributed by atoms with Crippen LogP contribution in [0.4, 0.5) is 0 Å². The number of benzene rings is 2. The SMILES string of the molecule is CCOc1ccc([C@H](C)NC(=O)C[C@H](C)c2ccccc2)cc1OCC. The Morgan fingerprint density at radius 3 is 2.23 bits per heavy atom. The summed E-state index contributed by atoms with van der Waals surface area (Å²) in [7, 11) is 0. The van der Waals surface area contributed by atoms with Crippen LogP contribution in [0.15, 0.2) is 48.5 Å². The molecule has 1 amide bonds. The molecule has 4 nitrogen and oxygen atoms in total. The van der Waals surface area contributed by atoms with Crippen molar-refractivity contribution in [3.8, 4) is 11.5 Å². The van der Waals surface area contributed by atoms with Gasteiger partial charge in [0.1, 0.15) is 0 Å². The van der Waals surface area contributed by atoms with Gasteiger partial charge in [-0.2, -0.15) is 0 Å². The number of hydrogen-bond acceptors (Lipinski definition) is 3. The van der Waals surface area contributed by atoms with Crippen LogP contribution in [-0.4, -0.2) is 19.1 Å². The average Bonchev–Trinajstić information content (AvgIpc) is 2.64. The van der Waals surface area contributed by atoms with Gasteiger partial charge in [-0.15, -0.1) is 0 Å². The molecule has 0 bridgehead atoms. The second kappa shape index (κ2) is 9.85. The summed E-state index contributed by atoms with van der Waals surface area (Å²) in [6.07, 6.45) is 0.462. The van der Waals surface area contributed by atoms with Crippen LogP contribution >= 0.6 is 0 Å². The molecule has 0 radical (unpaired) electrons. The molecular formula is C22H29NO3. The maximum absolute atomic E-state index is 12.4.